The summed E-state index contributed by atoms with van der Waals surface area (Å²) in [5.41, 5.74) is 2.25. The van der Waals surface area contributed by atoms with Crippen LogP contribution in [0.2, 0.25) is 0 Å². The number of aromatic nitrogens is 1. The molecule has 17 heavy (non-hydrogen) atoms. The number of hydrogen-bond donors (Lipinski definition) is 1. The summed E-state index contributed by atoms with van der Waals surface area (Å²) in [4.78, 5) is 25.9. The number of hydrogen-bond acceptors (Lipinski definition) is 5. The summed E-state index contributed by atoms with van der Waals surface area (Å²) in [5.74, 6) is 0.717. The van der Waals surface area contributed by atoms with E-state index in [1.54, 1.807) is 31.4 Å². The average molecular weight is 232 g/mol. The van der Waals surface area contributed by atoms with Crippen molar-refractivity contribution in [3.63, 3.8) is 0 Å². The van der Waals surface area contributed by atoms with Gasteiger partial charge in [-0.15, -0.1) is 0 Å². The van der Waals surface area contributed by atoms with E-state index in [9.17, 15) is 4.79 Å². The molecule has 2 aliphatic rings. The van der Waals surface area contributed by atoms with Gasteiger partial charge in [0.05, 0.1) is 25.2 Å². The zero-order chi connectivity index (χ0) is 12.0. The number of anilines is 1. The number of hydroxylamine groups is 2. The van der Waals surface area contributed by atoms with Gasteiger partial charge in [-0.3, -0.25) is 14.6 Å². The van der Waals surface area contributed by atoms with Crippen molar-refractivity contribution in [3.05, 3.63) is 33.9 Å². The number of nitrogens with one attached hydrogen (secondary N) is 1. The highest BCUT2D eigenvalue weighted by atomic mass is 16.7. The Bertz CT molecular complexity index is 588. The number of fused-ring (bicyclic) bond motifs is 3. The summed E-state index contributed by atoms with van der Waals surface area (Å²) in [7, 11) is 1.60. The molecule has 3 rings (SSSR count). The molecule has 2 aliphatic heterocycles. The van der Waals surface area contributed by atoms with E-state index in [1.165, 1.54) is 0 Å². The topological polar surface area (TPSA) is 60.9 Å². The Morgan fingerprint density at radius 3 is 3.12 bits per heavy atom. The molecule has 0 atom stereocenters. The Balaban J connectivity index is 2.11. The number of aromatic amines is 1. The number of rotatable bonds is 1. The van der Waals surface area contributed by atoms with Gasteiger partial charge < -0.3 is 9.88 Å². The predicted octanol–water partition coefficient (Wildman–Crippen LogP) is 0.882. The molecule has 1 aromatic rings. The van der Waals surface area contributed by atoms with Crippen LogP contribution in [0.15, 0.2) is 27.8 Å². The molecule has 6 heteroatoms. The van der Waals surface area contributed by atoms with Gasteiger partial charge in [0.2, 0.25) is 0 Å². The van der Waals surface area contributed by atoms with Crippen LogP contribution >= 0.6 is 0 Å². The summed E-state index contributed by atoms with van der Waals surface area (Å²) >= 11 is 0. The van der Waals surface area contributed by atoms with Crippen molar-refractivity contribution in [1.82, 2.24) is 10.0 Å². The second-order valence-electron chi connectivity index (χ2n) is 4.00. The first-order chi connectivity index (χ1) is 8.19. The molecule has 0 amide bonds. The van der Waals surface area contributed by atoms with Crippen molar-refractivity contribution in [2.24, 2.45) is 4.99 Å². The summed E-state index contributed by atoms with van der Waals surface area (Å²) in [5, 5.41) is 1.68. The number of H-pyrrole nitrogens is 1. The van der Waals surface area contributed by atoms with Crippen LogP contribution in [0.5, 0.6) is 0 Å². The van der Waals surface area contributed by atoms with Crippen LogP contribution in [0.4, 0.5) is 11.5 Å². The lowest BCUT2D eigenvalue weighted by Crippen LogP contribution is -2.30. The van der Waals surface area contributed by atoms with Crippen LogP contribution in [0.25, 0.3) is 0 Å². The van der Waals surface area contributed by atoms with Crippen LogP contribution in [0.1, 0.15) is 5.56 Å². The summed E-state index contributed by atoms with van der Waals surface area (Å²) < 4.78 is 0. The second-order valence-corrected chi connectivity index (χ2v) is 4.00. The third kappa shape index (κ3) is 1.45. The molecule has 1 aromatic heterocycles. The van der Waals surface area contributed by atoms with Crippen LogP contribution in [0.3, 0.4) is 0 Å². The lowest BCUT2D eigenvalue weighted by atomic mass is 10.2. The molecular formula is C11H12N4O2. The smallest absolute Gasteiger partial charge is 0.252 e. The predicted molar refractivity (Wildman–Crippen MR) is 64.2 cm³/mol. The minimum atomic E-state index is -0.0870. The molecule has 1 N–H and O–H groups in total. The molecular weight excluding hydrogens is 220 g/mol. The van der Waals surface area contributed by atoms with Crippen LogP contribution < -0.4 is 10.5 Å². The van der Waals surface area contributed by atoms with E-state index in [-0.39, 0.29) is 5.56 Å². The quantitative estimate of drug-likeness (QED) is 0.780. The first-order valence-electron chi connectivity index (χ1n) is 5.27. The van der Waals surface area contributed by atoms with Crippen molar-refractivity contribution >= 4 is 17.7 Å². The molecule has 0 aromatic carbocycles. The second kappa shape index (κ2) is 3.46. The highest BCUT2D eigenvalue weighted by Gasteiger charge is 2.27. The molecule has 88 valence electrons. The van der Waals surface area contributed by atoms with Gasteiger partial charge in [0, 0.05) is 5.56 Å². The molecule has 0 radical (unpaired) electrons. The van der Waals surface area contributed by atoms with E-state index in [1.807, 2.05) is 11.1 Å². The summed E-state index contributed by atoms with van der Waals surface area (Å²) in [6.07, 6.45) is 3.60. The Hall–Kier alpha value is -2.08. The zero-order valence-corrected chi connectivity index (χ0v) is 9.60. The number of nitrogens with zero attached hydrogens (tertiary/aromatic N) is 3. The summed E-state index contributed by atoms with van der Waals surface area (Å²) in [6.45, 7) is 2.31. The first kappa shape index (κ1) is 10.1. The summed E-state index contributed by atoms with van der Waals surface area (Å²) in [6, 6.07) is 1.79. The number of pyridine rings is 1. The fourth-order valence-electron chi connectivity index (χ4n) is 1.94. The van der Waals surface area contributed by atoms with Gasteiger partial charge in [0.25, 0.3) is 5.56 Å². The van der Waals surface area contributed by atoms with E-state index in [4.69, 9.17) is 4.84 Å². The van der Waals surface area contributed by atoms with Crippen molar-refractivity contribution in [1.29, 1.82) is 0 Å². The third-order valence-electron chi connectivity index (χ3n) is 2.90. The highest BCUT2D eigenvalue weighted by Crippen LogP contribution is 2.34. The van der Waals surface area contributed by atoms with Crippen LogP contribution in [0, 0.1) is 6.92 Å². The van der Waals surface area contributed by atoms with Crippen molar-refractivity contribution in [3.8, 4) is 0 Å². The maximum atomic E-state index is 11.6. The first-order valence-corrected chi connectivity index (χ1v) is 5.27. The molecule has 0 aliphatic carbocycles. The minimum absolute atomic E-state index is 0.0870. The lowest BCUT2D eigenvalue weighted by molar-refractivity contribution is -0.0790. The van der Waals surface area contributed by atoms with Gasteiger partial charge in [0.15, 0.2) is 0 Å². The van der Waals surface area contributed by atoms with E-state index < -0.39 is 0 Å². The Morgan fingerprint density at radius 1 is 1.53 bits per heavy atom. The third-order valence-corrected chi connectivity index (χ3v) is 2.90. The van der Waals surface area contributed by atoms with E-state index in [0.29, 0.717) is 18.1 Å². The van der Waals surface area contributed by atoms with E-state index in [0.717, 1.165) is 11.4 Å². The maximum Gasteiger partial charge on any atom is 0.252 e. The monoisotopic (exact) mass is 232 g/mol. The molecule has 0 fully saturated rings. The van der Waals surface area contributed by atoms with E-state index in [2.05, 4.69) is 9.98 Å². The molecule has 0 saturated carbocycles. The molecule has 0 spiro atoms. The molecule has 3 heterocycles. The van der Waals surface area contributed by atoms with Crippen molar-refractivity contribution in [2.75, 3.05) is 18.7 Å². The Kier molecular flexibility index (Phi) is 2.05. The van der Waals surface area contributed by atoms with Crippen LogP contribution in [-0.2, 0) is 4.84 Å². The Morgan fingerprint density at radius 2 is 2.35 bits per heavy atom. The maximum absolute atomic E-state index is 11.6. The number of aryl methyl sites for hydroxylation is 1. The van der Waals surface area contributed by atoms with Crippen molar-refractivity contribution in [2.45, 2.75) is 6.92 Å². The van der Waals surface area contributed by atoms with Gasteiger partial charge >= 0.3 is 0 Å². The van der Waals surface area contributed by atoms with Gasteiger partial charge in [-0.1, -0.05) is 0 Å². The zero-order valence-electron chi connectivity index (χ0n) is 9.60. The molecule has 0 unspecified atom stereocenters. The molecule has 0 bridgehead atoms. The van der Waals surface area contributed by atoms with Gasteiger partial charge in [-0.25, -0.2) is 5.06 Å². The minimum Gasteiger partial charge on any atom is -0.306 e. The average Bonchev–Trinajstić information content (AvgIpc) is 2.74. The number of allylic oxidation sites excluding steroid dienone is 1. The molecule has 0 saturated heterocycles. The lowest BCUT2D eigenvalue weighted by Gasteiger charge is -2.24. The SMILES string of the molecule is CON1C=C2C=Nc3cc(C)c(=O)[nH]c3N2C1. The van der Waals surface area contributed by atoms with Gasteiger partial charge in [-0.05, 0) is 13.0 Å². The fraction of sp³-hybridized carbons (Fsp3) is 0.273. The fourth-order valence-corrected chi connectivity index (χ4v) is 1.94. The molecule has 6 nitrogen and oxygen atoms in total. The normalized spacial score (nSPS) is 16.9. The van der Waals surface area contributed by atoms with Crippen LogP contribution in [-0.4, -0.2) is 30.0 Å². The largest absolute Gasteiger partial charge is 0.306 e. The van der Waals surface area contributed by atoms with E-state index >= 15 is 0 Å². The standard InChI is InChI=1S/C11H12N4O2/c1-7-3-9-10(13-11(7)16)15-6-14(17-2)5-8(15)4-12-9/h3-5H,6H2,1-2H3,(H,13,16). The van der Waals surface area contributed by atoms with Gasteiger partial charge in [0.1, 0.15) is 18.2 Å². The van der Waals surface area contributed by atoms with Crippen molar-refractivity contribution < 1.29 is 4.84 Å². The highest BCUT2D eigenvalue weighted by molar-refractivity contribution is 5.92. The van der Waals surface area contributed by atoms with Gasteiger partial charge in [-0.2, -0.15) is 0 Å². The number of aliphatic imine (C=N–C) groups is 1. The Labute approximate surface area is 97.8 Å².